The number of hydrogen-bond acceptors (Lipinski definition) is 7. The quantitative estimate of drug-likeness (QED) is 0.257. The number of thiazole rings is 1. The van der Waals surface area contributed by atoms with E-state index in [4.69, 9.17) is 16.3 Å². The van der Waals surface area contributed by atoms with Gasteiger partial charge in [-0.1, -0.05) is 54.1 Å². The molecule has 1 heterocycles. The van der Waals surface area contributed by atoms with E-state index in [-0.39, 0.29) is 25.3 Å². The van der Waals surface area contributed by atoms with Crippen molar-refractivity contribution in [1.29, 1.82) is 0 Å². The van der Waals surface area contributed by atoms with Gasteiger partial charge in [-0.25, -0.2) is 4.98 Å². The van der Waals surface area contributed by atoms with Crippen molar-refractivity contribution in [1.82, 2.24) is 10.3 Å². The number of hydrogen-bond donors (Lipinski definition) is 1. The van der Waals surface area contributed by atoms with E-state index in [0.29, 0.717) is 29.6 Å². The van der Waals surface area contributed by atoms with Gasteiger partial charge in [-0.2, -0.15) is 11.8 Å². The van der Waals surface area contributed by atoms with Crippen molar-refractivity contribution >= 4 is 46.6 Å². The second-order valence-corrected chi connectivity index (χ2v) is 11.5. The Morgan fingerprint density at radius 1 is 1.07 bits per heavy atom. The molecule has 202 valence electrons. The number of amides is 1. The predicted octanol–water partition coefficient (Wildman–Crippen LogP) is 2.76. The van der Waals surface area contributed by atoms with Crippen LogP contribution < -0.4 is 29.3 Å². The maximum absolute atomic E-state index is 13.2. The fourth-order valence-electron chi connectivity index (χ4n) is 4.10. The van der Waals surface area contributed by atoms with Gasteiger partial charge < -0.3 is 20.0 Å². The molecule has 1 aromatic heterocycles. The van der Waals surface area contributed by atoms with Crippen LogP contribution in [0.15, 0.2) is 72.9 Å². The maximum Gasteiger partial charge on any atom is 1.00 e. The van der Waals surface area contributed by atoms with E-state index in [1.54, 1.807) is 23.6 Å². The monoisotopic (exact) mass is 586 g/mol. The van der Waals surface area contributed by atoms with E-state index in [9.17, 15) is 14.7 Å². The number of carboxylic acid groups (broad SMARTS) is 1. The van der Waals surface area contributed by atoms with Gasteiger partial charge in [-0.15, -0.1) is 11.3 Å². The first-order valence-electron chi connectivity index (χ1n) is 12.3. The molecule has 0 aliphatic heterocycles. The van der Waals surface area contributed by atoms with Crippen molar-refractivity contribution in [2.75, 3.05) is 12.0 Å². The maximum atomic E-state index is 13.2. The minimum atomic E-state index is -1.29. The van der Waals surface area contributed by atoms with Crippen LogP contribution >= 0.6 is 34.7 Å². The summed E-state index contributed by atoms with van der Waals surface area (Å²) in [7, 11) is 0. The summed E-state index contributed by atoms with van der Waals surface area (Å²) >= 11 is 9.17. The molecule has 0 spiro atoms. The molecule has 6 nitrogen and oxygen atoms in total. The zero-order valence-corrected chi connectivity index (χ0v) is 25.0. The molecule has 0 aliphatic rings. The molecule has 0 radical (unpaired) electrons. The van der Waals surface area contributed by atoms with Crippen molar-refractivity contribution in [2.24, 2.45) is 0 Å². The Kier molecular flexibility index (Phi) is 12.3. The smallest absolute Gasteiger partial charge is 0.548 e. The van der Waals surface area contributed by atoms with Gasteiger partial charge in [0.15, 0.2) is 0 Å². The number of carbonyl (C=O) groups excluding carboxylic acids is 2. The average molecular weight is 587 g/mol. The van der Waals surface area contributed by atoms with Crippen LogP contribution in [0.5, 0.6) is 0 Å². The summed E-state index contributed by atoms with van der Waals surface area (Å²) in [6, 6.07) is 19.8. The first-order valence-corrected chi connectivity index (χ1v) is 14.9. The van der Waals surface area contributed by atoms with E-state index < -0.39 is 17.9 Å². The van der Waals surface area contributed by atoms with Gasteiger partial charge in [0.2, 0.25) is 0 Å². The van der Waals surface area contributed by atoms with Crippen molar-refractivity contribution in [2.45, 2.75) is 32.6 Å². The number of halogens is 1. The van der Waals surface area contributed by atoms with Crippen molar-refractivity contribution in [3.63, 3.8) is 0 Å². The summed E-state index contributed by atoms with van der Waals surface area (Å²) in [5, 5.41) is 15.8. The van der Waals surface area contributed by atoms with Crippen LogP contribution in [0.1, 0.15) is 32.8 Å². The second-order valence-electron chi connectivity index (χ2n) is 8.96. The fourth-order valence-corrected chi connectivity index (χ4v) is 5.60. The van der Waals surface area contributed by atoms with Gasteiger partial charge in [0.05, 0.1) is 30.1 Å². The number of rotatable bonds is 12. The van der Waals surface area contributed by atoms with Gasteiger partial charge in [0.1, 0.15) is 5.01 Å². The minimum Gasteiger partial charge on any atom is -0.548 e. The number of aryl methyl sites for hydroxylation is 1. The first kappa shape index (κ1) is 31.9. The number of nitrogens with zero attached hydrogens (tertiary/aromatic N) is 1. The number of carboxylic acids is 1. The molecular weight excluding hydrogens is 559 g/mol. The molecule has 10 heteroatoms. The number of ether oxygens (including phenoxy) is 1. The molecule has 1 amide bonds. The van der Waals surface area contributed by atoms with Crippen LogP contribution in [0, 0.1) is 6.92 Å². The topological polar surface area (TPSA) is 91.3 Å². The molecule has 0 fully saturated rings. The second kappa shape index (κ2) is 15.4. The Morgan fingerprint density at radius 2 is 1.88 bits per heavy atom. The van der Waals surface area contributed by atoms with Crippen molar-refractivity contribution in [3.05, 3.63) is 99.5 Å². The van der Waals surface area contributed by atoms with E-state index in [1.807, 2.05) is 73.8 Å². The standard InChI is InChI=1S/C30H29ClN2O4S2.Li/c1-19-6-3-4-9-24(19)26-14-20(10-11-25(26)28(34)33-27(30(35)36)12-13-38-2)17-37-18-23-16-32-29(39-23)21-7-5-8-22(31)15-21;/h3-11,14-16,27H,12-13,17-18H2,1-2H3,(H,33,34)(H,35,36);/q;+1/p-1/t27-;/m0./s1. The Balaban J connectivity index is 0.00000441. The third-order valence-corrected chi connectivity index (χ3v) is 8.00. The van der Waals surface area contributed by atoms with E-state index >= 15 is 0 Å². The molecule has 0 saturated heterocycles. The molecule has 0 unspecified atom stereocenters. The Morgan fingerprint density at radius 3 is 2.60 bits per heavy atom. The largest absolute Gasteiger partial charge is 1.00 e. The molecule has 40 heavy (non-hydrogen) atoms. The molecule has 1 N–H and O–H groups in total. The van der Waals surface area contributed by atoms with Crippen LogP contribution in [-0.4, -0.2) is 34.9 Å². The summed E-state index contributed by atoms with van der Waals surface area (Å²) in [6.45, 7) is 2.70. The summed E-state index contributed by atoms with van der Waals surface area (Å²) < 4.78 is 6.00. The van der Waals surface area contributed by atoms with Crippen molar-refractivity contribution in [3.8, 4) is 21.7 Å². The predicted molar refractivity (Wildman–Crippen MR) is 157 cm³/mol. The number of aliphatic carboxylic acids is 1. The number of carbonyl (C=O) groups is 2. The molecular formula is C30H28ClLiN2O4S2. The van der Waals surface area contributed by atoms with Gasteiger partial charge in [-0.3, -0.25) is 4.79 Å². The molecule has 3 aromatic carbocycles. The molecule has 0 bridgehead atoms. The number of benzene rings is 3. The number of aromatic nitrogens is 1. The third kappa shape index (κ3) is 8.47. The van der Waals surface area contributed by atoms with Crippen LogP contribution in [0.2, 0.25) is 5.02 Å². The van der Waals surface area contributed by atoms with Crippen LogP contribution in [0.4, 0.5) is 0 Å². The summed E-state index contributed by atoms with van der Waals surface area (Å²) in [5.74, 6) is -1.14. The van der Waals surface area contributed by atoms with Crippen LogP contribution in [0.25, 0.3) is 21.7 Å². The molecule has 1 atom stereocenters. The zero-order chi connectivity index (χ0) is 27.8. The van der Waals surface area contributed by atoms with Crippen LogP contribution in [-0.2, 0) is 22.7 Å². The third-order valence-electron chi connectivity index (χ3n) is 6.10. The molecule has 4 rings (SSSR count). The zero-order valence-electron chi connectivity index (χ0n) is 22.6. The minimum absolute atomic E-state index is 0. The SMILES string of the molecule is CSCC[C@H](NC(=O)c1ccc(COCc2cnc(-c3cccc(Cl)c3)s2)cc1-c1ccccc1C)C(=O)[O-].[Li+]. The molecule has 4 aromatic rings. The Bertz CT molecular complexity index is 1460. The van der Waals surface area contributed by atoms with Crippen molar-refractivity contribution < 1.29 is 38.3 Å². The Hall–Kier alpha value is -2.57. The molecule has 0 aliphatic carbocycles. The van der Waals surface area contributed by atoms with E-state index in [0.717, 1.165) is 37.7 Å². The number of thioether (sulfide) groups is 1. The fraction of sp³-hybridized carbons (Fsp3) is 0.233. The summed E-state index contributed by atoms with van der Waals surface area (Å²) in [5.41, 5.74) is 4.87. The van der Waals surface area contributed by atoms with E-state index in [1.165, 1.54) is 11.8 Å². The number of nitrogens with one attached hydrogen (secondary N) is 1. The normalized spacial score (nSPS) is 11.5. The Labute approximate surface area is 259 Å². The van der Waals surface area contributed by atoms with Gasteiger partial charge in [-0.05, 0) is 71.9 Å². The van der Waals surface area contributed by atoms with Gasteiger partial charge >= 0.3 is 18.9 Å². The first-order chi connectivity index (χ1) is 18.9. The van der Waals surface area contributed by atoms with Gasteiger partial charge in [0.25, 0.3) is 5.91 Å². The van der Waals surface area contributed by atoms with Crippen LogP contribution in [0.3, 0.4) is 0 Å². The average Bonchev–Trinajstić information content (AvgIpc) is 3.40. The molecule has 0 saturated carbocycles. The van der Waals surface area contributed by atoms with E-state index in [2.05, 4.69) is 10.3 Å². The van der Waals surface area contributed by atoms with Gasteiger partial charge in [0, 0.05) is 22.3 Å². The summed E-state index contributed by atoms with van der Waals surface area (Å²) in [6.07, 6.45) is 3.98. The summed E-state index contributed by atoms with van der Waals surface area (Å²) in [4.78, 5) is 30.3.